The molecule has 196 valence electrons. The van der Waals surface area contributed by atoms with E-state index in [2.05, 4.69) is 0 Å². The van der Waals surface area contributed by atoms with Gasteiger partial charge in [0.15, 0.2) is 6.10 Å². The van der Waals surface area contributed by atoms with Crippen LogP contribution in [0.1, 0.15) is 20.7 Å². The van der Waals surface area contributed by atoms with Crippen molar-refractivity contribution in [3.63, 3.8) is 0 Å². The molecule has 0 radical (unpaired) electrons. The molecule has 8 heteroatoms. The van der Waals surface area contributed by atoms with E-state index in [9.17, 15) is 23.2 Å². The Morgan fingerprint density at radius 1 is 0.692 bits per heavy atom. The van der Waals surface area contributed by atoms with Gasteiger partial charge in [0, 0.05) is 0 Å². The van der Waals surface area contributed by atoms with Gasteiger partial charge in [-0.1, -0.05) is 97.1 Å². The van der Waals surface area contributed by atoms with Gasteiger partial charge in [-0.15, -0.1) is 0 Å². The number of rotatable bonds is 7. The first-order valence-electron chi connectivity index (χ1n) is 12.1. The molecule has 0 spiro atoms. The van der Waals surface area contributed by atoms with E-state index in [1.165, 1.54) is 12.1 Å². The van der Waals surface area contributed by atoms with Gasteiger partial charge in [0.1, 0.15) is 6.61 Å². The molecule has 0 bridgehead atoms. The molecule has 1 saturated heterocycles. The maximum absolute atomic E-state index is 14.8. The Balaban J connectivity index is 1.35. The first-order valence-corrected chi connectivity index (χ1v) is 12.1. The van der Waals surface area contributed by atoms with Gasteiger partial charge in [-0.2, -0.15) is 8.78 Å². The molecule has 0 unspecified atom stereocenters. The van der Waals surface area contributed by atoms with Crippen LogP contribution in [0.5, 0.6) is 0 Å². The van der Waals surface area contributed by atoms with Crippen LogP contribution in [-0.4, -0.2) is 42.6 Å². The molecule has 1 aliphatic rings. The van der Waals surface area contributed by atoms with E-state index in [-0.39, 0.29) is 11.1 Å². The predicted octanol–water partition coefficient (Wildman–Crippen LogP) is 5.96. The van der Waals surface area contributed by atoms with Crippen LogP contribution >= 0.6 is 0 Å². The van der Waals surface area contributed by atoms with Crippen LogP contribution in [0.4, 0.5) is 8.78 Å². The summed E-state index contributed by atoms with van der Waals surface area (Å²) in [6.45, 7) is -0.735. The summed E-state index contributed by atoms with van der Waals surface area (Å²) in [4.78, 5) is 38.0. The highest BCUT2D eigenvalue weighted by Crippen LogP contribution is 2.36. The minimum atomic E-state index is -4.13. The molecule has 4 aromatic rings. The van der Waals surface area contributed by atoms with Crippen molar-refractivity contribution in [3.8, 4) is 22.3 Å². The number of cyclic esters (lactones) is 1. The lowest BCUT2D eigenvalue weighted by atomic mass is 9.99. The highest BCUT2D eigenvalue weighted by Gasteiger charge is 2.63. The van der Waals surface area contributed by atoms with Crippen molar-refractivity contribution in [2.75, 3.05) is 6.61 Å². The normalized spacial score (nSPS) is 17.7. The zero-order chi connectivity index (χ0) is 27.4. The fourth-order valence-electron chi connectivity index (χ4n) is 4.37. The molecular formula is C31H22F2O6. The van der Waals surface area contributed by atoms with Gasteiger partial charge in [-0.05, 0) is 34.4 Å². The molecule has 1 fully saturated rings. The highest BCUT2D eigenvalue weighted by molar-refractivity contribution is 5.98. The Hall–Kier alpha value is -4.85. The van der Waals surface area contributed by atoms with E-state index in [0.717, 1.165) is 5.56 Å². The van der Waals surface area contributed by atoms with Crippen LogP contribution in [-0.2, 0) is 19.0 Å². The smallest absolute Gasteiger partial charge is 0.382 e. The van der Waals surface area contributed by atoms with Crippen LogP contribution in [0.15, 0.2) is 109 Å². The molecule has 0 N–H and O–H groups in total. The number of hydrogen-bond acceptors (Lipinski definition) is 6. The van der Waals surface area contributed by atoms with Crippen LogP contribution in [0.2, 0.25) is 0 Å². The lowest BCUT2D eigenvalue weighted by Crippen LogP contribution is -2.43. The lowest BCUT2D eigenvalue weighted by Gasteiger charge is -2.21. The SMILES string of the molecule is O=C(OC[C@H]1OC(=O)C(F)(F)[C@@H]1OC(=O)c1ccccc1-c1ccccc1)c1ccccc1-c1ccccc1. The Labute approximate surface area is 222 Å². The third-order valence-electron chi connectivity index (χ3n) is 6.30. The minimum absolute atomic E-state index is 0.0337. The van der Waals surface area contributed by atoms with Crippen LogP contribution in [0.25, 0.3) is 22.3 Å². The van der Waals surface area contributed by atoms with Crippen LogP contribution in [0.3, 0.4) is 0 Å². The molecule has 4 aromatic carbocycles. The van der Waals surface area contributed by atoms with Crippen molar-refractivity contribution >= 4 is 17.9 Å². The molecule has 1 heterocycles. The summed E-state index contributed by atoms with van der Waals surface area (Å²) in [7, 11) is 0. The zero-order valence-corrected chi connectivity index (χ0v) is 20.5. The minimum Gasteiger partial charge on any atom is -0.458 e. The number of hydrogen-bond donors (Lipinski definition) is 0. The van der Waals surface area contributed by atoms with Crippen molar-refractivity contribution in [2.24, 2.45) is 0 Å². The van der Waals surface area contributed by atoms with E-state index in [0.29, 0.717) is 16.7 Å². The first kappa shape index (κ1) is 25.8. The highest BCUT2D eigenvalue weighted by atomic mass is 19.3. The summed E-state index contributed by atoms with van der Waals surface area (Å²) in [5.74, 6) is -7.86. The second-order valence-electron chi connectivity index (χ2n) is 8.81. The summed E-state index contributed by atoms with van der Waals surface area (Å²) >= 11 is 0. The van der Waals surface area contributed by atoms with Gasteiger partial charge in [-0.25, -0.2) is 14.4 Å². The lowest BCUT2D eigenvalue weighted by molar-refractivity contribution is -0.163. The maximum atomic E-state index is 14.8. The second-order valence-corrected chi connectivity index (χ2v) is 8.81. The first-order chi connectivity index (χ1) is 18.9. The van der Waals surface area contributed by atoms with Crippen molar-refractivity contribution < 1.29 is 37.4 Å². The molecule has 0 aliphatic carbocycles. The summed E-state index contributed by atoms with van der Waals surface area (Å²) in [5, 5.41) is 0. The number of carbonyl (C=O) groups is 3. The van der Waals surface area contributed by atoms with Gasteiger partial charge in [-0.3, -0.25) is 0 Å². The summed E-state index contributed by atoms with van der Waals surface area (Å²) in [5.41, 5.74) is 2.72. The number of ether oxygens (including phenoxy) is 3. The zero-order valence-electron chi connectivity index (χ0n) is 20.5. The number of benzene rings is 4. The molecule has 39 heavy (non-hydrogen) atoms. The molecule has 1 aliphatic heterocycles. The van der Waals surface area contributed by atoms with Gasteiger partial charge in [0.25, 0.3) is 0 Å². The average molecular weight is 529 g/mol. The van der Waals surface area contributed by atoms with Crippen molar-refractivity contribution in [3.05, 3.63) is 120 Å². The standard InChI is InChI=1S/C31H22F2O6/c32-31(33)27(39-29(35)25-18-10-8-16-23(25)21-13-5-2-6-14-21)26(38-30(31)36)19-37-28(34)24-17-9-7-15-22(24)20-11-3-1-4-12-20/h1-18,26-27H,19H2/t26-,27-/m1/s1. The fraction of sp³-hybridized carbons (Fsp3) is 0.129. The van der Waals surface area contributed by atoms with Gasteiger partial charge < -0.3 is 14.2 Å². The quantitative estimate of drug-likeness (QED) is 0.218. The third kappa shape index (κ3) is 5.27. The third-order valence-corrected chi connectivity index (χ3v) is 6.30. The molecule has 2 atom stereocenters. The molecule has 6 nitrogen and oxygen atoms in total. The number of alkyl halides is 2. The molecule has 0 aromatic heterocycles. The largest absolute Gasteiger partial charge is 0.458 e. The van der Waals surface area contributed by atoms with Crippen molar-refractivity contribution in [1.82, 2.24) is 0 Å². The number of halogens is 2. The second kappa shape index (κ2) is 10.9. The van der Waals surface area contributed by atoms with E-state index >= 15 is 0 Å². The Bertz CT molecular complexity index is 1500. The van der Waals surface area contributed by atoms with E-state index in [1.807, 2.05) is 30.3 Å². The molecular weight excluding hydrogens is 506 g/mol. The number of carbonyl (C=O) groups excluding carboxylic acids is 3. The predicted molar refractivity (Wildman–Crippen MR) is 138 cm³/mol. The fourth-order valence-corrected chi connectivity index (χ4v) is 4.37. The Morgan fingerprint density at radius 2 is 1.15 bits per heavy atom. The van der Waals surface area contributed by atoms with Gasteiger partial charge in [0.05, 0.1) is 11.1 Å². The average Bonchev–Trinajstić information content (AvgIpc) is 3.19. The van der Waals surface area contributed by atoms with E-state index < -0.39 is 42.6 Å². The van der Waals surface area contributed by atoms with Gasteiger partial charge >= 0.3 is 23.8 Å². The van der Waals surface area contributed by atoms with Crippen molar-refractivity contribution in [2.45, 2.75) is 18.1 Å². The summed E-state index contributed by atoms with van der Waals surface area (Å²) in [6.07, 6.45) is -3.99. The van der Waals surface area contributed by atoms with Crippen molar-refractivity contribution in [1.29, 1.82) is 0 Å². The van der Waals surface area contributed by atoms with Gasteiger partial charge in [0.2, 0.25) is 6.10 Å². The summed E-state index contributed by atoms with van der Waals surface area (Å²) < 4.78 is 44.8. The van der Waals surface area contributed by atoms with E-state index in [4.69, 9.17) is 14.2 Å². The van der Waals surface area contributed by atoms with Crippen LogP contribution < -0.4 is 0 Å². The van der Waals surface area contributed by atoms with E-state index in [1.54, 1.807) is 66.7 Å². The number of esters is 3. The van der Waals surface area contributed by atoms with Crippen LogP contribution in [0, 0.1) is 0 Å². The molecule has 5 rings (SSSR count). The molecule has 0 saturated carbocycles. The topological polar surface area (TPSA) is 78.9 Å². The summed E-state index contributed by atoms with van der Waals surface area (Å²) in [6, 6.07) is 31.0. The molecule has 0 amide bonds. The Kier molecular flexibility index (Phi) is 7.19. The Morgan fingerprint density at radius 3 is 1.69 bits per heavy atom. The monoisotopic (exact) mass is 528 g/mol. The maximum Gasteiger partial charge on any atom is 0.382 e.